The summed E-state index contributed by atoms with van der Waals surface area (Å²) in [5.74, 6) is 1.49. The molecular weight excluding hydrogens is 266 g/mol. The van der Waals surface area contributed by atoms with Crippen LogP contribution in [-0.2, 0) is 0 Å². The number of hydrogen-bond acceptors (Lipinski definition) is 4. The Bertz CT molecular complexity index is 614. The number of aromatic nitrogens is 3. The van der Waals surface area contributed by atoms with E-state index < -0.39 is 6.61 Å². The van der Waals surface area contributed by atoms with Gasteiger partial charge in [-0.2, -0.15) is 18.9 Å². The van der Waals surface area contributed by atoms with Crippen molar-refractivity contribution in [1.82, 2.24) is 14.8 Å². The zero-order chi connectivity index (χ0) is 14.1. The predicted molar refractivity (Wildman–Crippen MR) is 69.1 cm³/mol. The predicted octanol–water partition coefficient (Wildman–Crippen LogP) is 2.59. The monoisotopic (exact) mass is 280 g/mol. The highest BCUT2D eigenvalue weighted by molar-refractivity contribution is 5.40. The molecule has 1 unspecified atom stereocenters. The molecule has 0 saturated carbocycles. The van der Waals surface area contributed by atoms with Gasteiger partial charge in [0.2, 0.25) is 5.95 Å². The Kier molecular flexibility index (Phi) is 3.25. The molecule has 5 nitrogen and oxygen atoms in total. The second-order valence-corrected chi connectivity index (χ2v) is 4.57. The molecule has 0 spiro atoms. The van der Waals surface area contributed by atoms with Crippen molar-refractivity contribution in [3.05, 3.63) is 35.7 Å². The van der Waals surface area contributed by atoms with Gasteiger partial charge in [0.1, 0.15) is 11.6 Å². The Balaban J connectivity index is 2.02. The Morgan fingerprint density at radius 3 is 3.00 bits per heavy atom. The second kappa shape index (κ2) is 5.07. The van der Waals surface area contributed by atoms with Gasteiger partial charge >= 0.3 is 6.61 Å². The van der Waals surface area contributed by atoms with Crippen LogP contribution in [0.2, 0.25) is 0 Å². The van der Waals surface area contributed by atoms with Crippen LogP contribution in [0, 0.1) is 6.92 Å². The Hall–Kier alpha value is -2.18. The molecule has 0 fully saturated rings. The van der Waals surface area contributed by atoms with E-state index in [1.54, 1.807) is 35.9 Å². The summed E-state index contributed by atoms with van der Waals surface area (Å²) in [7, 11) is 0. The molecule has 0 amide bonds. The van der Waals surface area contributed by atoms with Gasteiger partial charge in [0.15, 0.2) is 0 Å². The molecule has 3 rings (SSSR count). The summed E-state index contributed by atoms with van der Waals surface area (Å²) in [6, 6.07) is 6.67. The molecule has 20 heavy (non-hydrogen) atoms. The number of nitrogens with one attached hydrogen (secondary N) is 1. The molecule has 106 valence electrons. The van der Waals surface area contributed by atoms with Crippen molar-refractivity contribution in [2.75, 3.05) is 11.9 Å². The molecule has 0 bridgehead atoms. The van der Waals surface area contributed by atoms with Crippen LogP contribution in [0.15, 0.2) is 24.3 Å². The first kappa shape index (κ1) is 12.8. The fourth-order valence-corrected chi connectivity index (χ4v) is 2.46. The zero-order valence-electron chi connectivity index (χ0n) is 10.9. The first-order valence-corrected chi connectivity index (χ1v) is 6.36. The number of rotatable bonds is 3. The third-order valence-electron chi connectivity index (χ3n) is 3.23. The maximum atomic E-state index is 12.5. The highest BCUT2D eigenvalue weighted by Gasteiger charge is 2.26. The SMILES string of the molecule is Cc1nc2n(n1)C(c1ccccc1OC(F)F)CCN2. The summed E-state index contributed by atoms with van der Waals surface area (Å²) >= 11 is 0. The summed E-state index contributed by atoms with van der Waals surface area (Å²) < 4.78 is 31.3. The van der Waals surface area contributed by atoms with Crippen LogP contribution in [0.1, 0.15) is 23.9 Å². The van der Waals surface area contributed by atoms with Crippen LogP contribution in [0.3, 0.4) is 0 Å². The number of fused-ring (bicyclic) bond motifs is 1. The highest BCUT2D eigenvalue weighted by atomic mass is 19.3. The van der Waals surface area contributed by atoms with Gasteiger partial charge in [-0.15, -0.1) is 0 Å². The molecule has 1 N–H and O–H groups in total. The summed E-state index contributed by atoms with van der Waals surface area (Å²) in [5.41, 5.74) is 0.695. The van der Waals surface area contributed by atoms with Gasteiger partial charge in [-0.1, -0.05) is 18.2 Å². The number of benzene rings is 1. The maximum Gasteiger partial charge on any atom is 0.387 e. The Morgan fingerprint density at radius 2 is 2.20 bits per heavy atom. The zero-order valence-corrected chi connectivity index (χ0v) is 10.9. The molecule has 1 aliphatic heterocycles. The lowest BCUT2D eigenvalue weighted by molar-refractivity contribution is -0.0507. The Labute approximate surface area is 114 Å². The van der Waals surface area contributed by atoms with Gasteiger partial charge in [0, 0.05) is 12.1 Å². The van der Waals surface area contributed by atoms with Crippen LogP contribution in [-0.4, -0.2) is 27.9 Å². The van der Waals surface area contributed by atoms with Crippen molar-refractivity contribution >= 4 is 5.95 Å². The molecule has 1 aliphatic rings. The first-order valence-electron chi connectivity index (χ1n) is 6.36. The van der Waals surface area contributed by atoms with Crippen molar-refractivity contribution in [3.8, 4) is 5.75 Å². The van der Waals surface area contributed by atoms with E-state index in [1.807, 2.05) is 0 Å². The van der Waals surface area contributed by atoms with Crippen LogP contribution in [0.5, 0.6) is 5.75 Å². The molecule has 1 atom stereocenters. The number of anilines is 1. The van der Waals surface area contributed by atoms with Gasteiger partial charge in [0.25, 0.3) is 0 Å². The fourth-order valence-electron chi connectivity index (χ4n) is 2.46. The smallest absolute Gasteiger partial charge is 0.387 e. The third-order valence-corrected chi connectivity index (χ3v) is 3.23. The maximum absolute atomic E-state index is 12.5. The van der Waals surface area contributed by atoms with E-state index >= 15 is 0 Å². The molecule has 0 saturated heterocycles. The van der Waals surface area contributed by atoms with Crippen molar-refractivity contribution in [1.29, 1.82) is 0 Å². The lowest BCUT2D eigenvalue weighted by atomic mass is 10.0. The summed E-state index contributed by atoms with van der Waals surface area (Å²) in [6.07, 6.45) is 0.736. The van der Waals surface area contributed by atoms with Crippen molar-refractivity contribution < 1.29 is 13.5 Å². The van der Waals surface area contributed by atoms with Gasteiger partial charge < -0.3 is 10.1 Å². The molecular formula is C13H14F2N4O. The van der Waals surface area contributed by atoms with Crippen molar-refractivity contribution in [2.24, 2.45) is 0 Å². The largest absolute Gasteiger partial charge is 0.434 e. The van der Waals surface area contributed by atoms with Crippen LogP contribution >= 0.6 is 0 Å². The molecule has 1 aromatic carbocycles. The minimum absolute atomic E-state index is 0.151. The molecule has 1 aromatic heterocycles. The van der Waals surface area contributed by atoms with Crippen molar-refractivity contribution in [2.45, 2.75) is 26.0 Å². The van der Waals surface area contributed by atoms with E-state index in [0.717, 1.165) is 6.42 Å². The quantitative estimate of drug-likeness (QED) is 0.939. The number of alkyl halides is 2. The van der Waals surface area contributed by atoms with Gasteiger partial charge in [-0.05, 0) is 19.4 Å². The first-order chi connectivity index (χ1) is 9.65. The van der Waals surface area contributed by atoms with Gasteiger partial charge in [-0.3, -0.25) is 0 Å². The second-order valence-electron chi connectivity index (χ2n) is 4.57. The number of ether oxygens (including phenoxy) is 1. The van der Waals surface area contributed by atoms with Crippen LogP contribution in [0.25, 0.3) is 0 Å². The summed E-state index contributed by atoms with van der Waals surface area (Å²) in [6.45, 7) is -0.327. The number of para-hydroxylation sites is 1. The molecule has 2 heterocycles. The molecule has 0 radical (unpaired) electrons. The standard InChI is InChI=1S/C13H14F2N4O/c1-8-17-13-16-7-6-10(19(13)18-8)9-4-2-3-5-11(9)20-12(14)15/h2-5,10,12H,6-7H2,1H3,(H,16,17,18). The number of halogens is 2. The average Bonchev–Trinajstić information content (AvgIpc) is 2.79. The molecule has 2 aromatic rings. The highest BCUT2D eigenvalue weighted by Crippen LogP contribution is 2.34. The lowest BCUT2D eigenvalue weighted by Crippen LogP contribution is -2.25. The minimum atomic E-state index is -2.84. The molecule has 7 heteroatoms. The topological polar surface area (TPSA) is 52.0 Å². The lowest BCUT2D eigenvalue weighted by Gasteiger charge is -2.26. The Morgan fingerprint density at radius 1 is 1.40 bits per heavy atom. The third kappa shape index (κ3) is 2.31. The minimum Gasteiger partial charge on any atom is -0.434 e. The van der Waals surface area contributed by atoms with E-state index in [0.29, 0.717) is 23.9 Å². The number of aryl methyl sites for hydroxylation is 1. The fraction of sp³-hybridized carbons (Fsp3) is 0.385. The van der Waals surface area contributed by atoms with Crippen molar-refractivity contribution in [3.63, 3.8) is 0 Å². The van der Waals surface area contributed by atoms with E-state index in [4.69, 9.17) is 0 Å². The van der Waals surface area contributed by atoms with Crippen LogP contribution < -0.4 is 10.1 Å². The normalized spacial score (nSPS) is 17.7. The number of hydrogen-bond donors (Lipinski definition) is 1. The van der Waals surface area contributed by atoms with E-state index in [1.165, 1.54) is 0 Å². The van der Waals surface area contributed by atoms with E-state index in [2.05, 4.69) is 20.1 Å². The van der Waals surface area contributed by atoms with E-state index in [-0.39, 0.29) is 11.8 Å². The molecule has 0 aliphatic carbocycles. The number of nitrogens with zero attached hydrogens (tertiary/aromatic N) is 3. The van der Waals surface area contributed by atoms with Gasteiger partial charge in [-0.25, -0.2) is 4.68 Å². The summed E-state index contributed by atoms with van der Waals surface area (Å²) in [5, 5.41) is 7.47. The van der Waals surface area contributed by atoms with E-state index in [9.17, 15) is 8.78 Å². The van der Waals surface area contributed by atoms with Crippen LogP contribution in [0.4, 0.5) is 14.7 Å². The summed E-state index contributed by atoms with van der Waals surface area (Å²) in [4.78, 5) is 4.27. The average molecular weight is 280 g/mol. The van der Waals surface area contributed by atoms with Gasteiger partial charge in [0.05, 0.1) is 6.04 Å².